The third kappa shape index (κ3) is 3.88. The summed E-state index contributed by atoms with van der Waals surface area (Å²) in [6, 6.07) is 28.7. The van der Waals surface area contributed by atoms with Gasteiger partial charge in [0.1, 0.15) is 5.69 Å². The van der Waals surface area contributed by atoms with E-state index in [2.05, 4.69) is 10.5 Å². The van der Waals surface area contributed by atoms with Gasteiger partial charge in [-0.2, -0.15) is 10.2 Å². The number of hydrogen-bond acceptors (Lipinski definition) is 3. The van der Waals surface area contributed by atoms with Crippen molar-refractivity contribution < 1.29 is 4.79 Å². The van der Waals surface area contributed by atoms with Crippen LogP contribution in [0.3, 0.4) is 0 Å². The van der Waals surface area contributed by atoms with Gasteiger partial charge in [-0.15, -0.1) is 0 Å². The van der Waals surface area contributed by atoms with Crippen LogP contribution in [0.2, 0.25) is 0 Å². The molecule has 28 heavy (non-hydrogen) atoms. The van der Waals surface area contributed by atoms with Crippen molar-refractivity contribution in [3.63, 3.8) is 0 Å². The van der Waals surface area contributed by atoms with E-state index in [1.807, 2.05) is 89.7 Å². The number of aromatic nitrogens is 2. The normalized spacial score (nSPS) is 10.9. The van der Waals surface area contributed by atoms with Crippen LogP contribution in [0, 0.1) is 0 Å². The molecule has 1 aromatic heterocycles. The molecule has 136 valence electrons. The molecule has 0 aliphatic carbocycles. The van der Waals surface area contributed by atoms with Gasteiger partial charge in [-0.1, -0.05) is 66.7 Å². The fraction of sp³-hybridized carbons (Fsp3) is 0. The van der Waals surface area contributed by atoms with Crippen LogP contribution < -0.4 is 5.43 Å². The summed E-state index contributed by atoms with van der Waals surface area (Å²) in [4.78, 5) is 12.2. The molecule has 0 radical (unpaired) electrons. The zero-order chi connectivity index (χ0) is 19.2. The highest BCUT2D eigenvalue weighted by molar-refractivity contribution is 5.95. The van der Waals surface area contributed by atoms with E-state index < -0.39 is 0 Å². The first-order chi connectivity index (χ1) is 13.8. The Hall–Kier alpha value is -3.99. The second-order valence-electron chi connectivity index (χ2n) is 6.14. The van der Waals surface area contributed by atoms with Gasteiger partial charge in [0.05, 0.1) is 11.9 Å². The monoisotopic (exact) mass is 366 g/mol. The molecule has 1 amide bonds. The van der Waals surface area contributed by atoms with Crippen molar-refractivity contribution in [3.8, 4) is 16.9 Å². The van der Waals surface area contributed by atoms with Gasteiger partial charge in [-0.25, -0.2) is 10.1 Å². The third-order valence-electron chi connectivity index (χ3n) is 4.22. The van der Waals surface area contributed by atoms with Crippen LogP contribution in [-0.4, -0.2) is 21.9 Å². The van der Waals surface area contributed by atoms with Gasteiger partial charge in [0.15, 0.2) is 0 Å². The molecule has 0 spiro atoms. The maximum Gasteiger partial charge on any atom is 0.271 e. The number of nitrogens with zero attached hydrogens (tertiary/aromatic N) is 3. The Kier molecular flexibility index (Phi) is 5.06. The molecule has 0 bridgehead atoms. The Morgan fingerprint density at radius 2 is 1.46 bits per heavy atom. The summed E-state index contributed by atoms with van der Waals surface area (Å²) in [5, 5.41) is 8.85. The number of nitrogens with one attached hydrogen (secondary N) is 1. The molecule has 1 heterocycles. The molecule has 0 fully saturated rings. The summed E-state index contributed by atoms with van der Waals surface area (Å²) in [7, 11) is 0. The molecule has 0 aliphatic rings. The van der Waals surface area contributed by atoms with Crippen LogP contribution in [0.1, 0.15) is 15.9 Å². The number of rotatable bonds is 5. The van der Waals surface area contributed by atoms with Gasteiger partial charge in [-0.3, -0.25) is 4.79 Å². The van der Waals surface area contributed by atoms with E-state index in [4.69, 9.17) is 5.10 Å². The summed E-state index contributed by atoms with van der Waals surface area (Å²) in [6.45, 7) is 0. The first-order valence-corrected chi connectivity index (χ1v) is 8.90. The molecule has 0 saturated carbocycles. The highest BCUT2D eigenvalue weighted by Crippen LogP contribution is 2.22. The number of amides is 1. The molecule has 4 aromatic rings. The summed E-state index contributed by atoms with van der Waals surface area (Å²) in [5.41, 5.74) is 6.66. The van der Waals surface area contributed by atoms with Crippen LogP contribution in [0.25, 0.3) is 16.9 Å². The summed E-state index contributed by atoms with van der Waals surface area (Å²) in [5.74, 6) is -0.256. The van der Waals surface area contributed by atoms with Gasteiger partial charge in [0, 0.05) is 22.9 Å². The highest BCUT2D eigenvalue weighted by Gasteiger charge is 2.11. The lowest BCUT2D eigenvalue weighted by atomic mass is 10.1. The molecule has 3 aromatic carbocycles. The summed E-state index contributed by atoms with van der Waals surface area (Å²) >= 11 is 0. The Balaban J connectivity index is 1.63. The second-order valence-corrected chi connectivity index (χ2v) is 6.14. The smallest absolute Gasteiger partial charge is 0.267 e. The number of carbonyl (C=O) groups excluding carboxylic acids is 1. The fourth-order valence-electron chi connectivity index (χ4n) is 2.83. The minimum absolute atomic E-state index is 0.256. The molecule has 0 saturated heterocycles. The standard InChI is InChI=1S/C23H18N4O/c28-23(19-12-6-2-7-13-19)25-24-16-20-17-27(21-14-8-3-9-15-21)26-22(20)18-10-4-1-5-11-18/h1-17H,(H,25,28)/b24-16+. The van der Waals surface area contributed by atoms with E-state index in [9.17, 15) is 4.79 Å². The topological polar surface area (TPSA) is 59.3 Å². The van der Waals surface area contributed by atoms with Crippen molar-refractivity contribution >= 4 is 12.1 Å². The molecule has 0 atom stereocenters. The van der Waals surface area contributed by atoms with Crippen molar-refractivity contribution in [3.05, 3.63) is 108 Å². The Bertz CT molecular complexity index is 1090. The van der Waals surface area contributed by atoms with Gasteiger partial charge in [0.25, 0.3) is 5.91 Å². The number of hydrogen-bond donors (Lipinski definition) is 1. The lowest BCUT2D eigenvalue weighted by molar-refractivity contribution is 0.0955. The fourth-order valence-corrected chi connectivity index (χ4v) is 2.83. The van der Waals surface area contributed by atoms with E-state index in [0.717, 1.165) is 22.5 Å². The van der Waals surface area contributed by atoms with E-state index in [-0.39, 0.29) is 5.91 Å². The SMILES string of the molecule is O=C(N/N=C/c1cn(-c2ccccc2)nc1-c1ccccc1)c1ccccc1. The molecule has 5 nitrogen and oxygen atoms in total. The van der Waals surface area contributed by atoms with Crippen LogP contribution in [0.5, 0.6) is 0 Å². The average Bonchev–Trinajstić information content (AvgIpc) is 3.20. The maximum atomic E-state index is 12.2. The van der Waals surface area contributed by atoms with Crippen LogP contribution >= 0.6 is 0 Å². The van der Waals surface area contributed by atoms with Crippen LogP contribution in [0.4, 0.5) is 0 Å². The number of benzene rings is 3. The first kappa shape index (κ1) is 17.4. The zero-order valence-electron chi connectivity index (χ0n) is 15.1. The third-order valence-corrected chi connectivity index (χ3v) is 4.22. The first-order valence-electron chi connectivity index (χ1n) is 8.90. The van der Waals surface area contributed by atoms with Crippen molar-refractivity contribution in [2.45, 2.75) is 0 Å². The van der Waals surface area contributed by atoms with Gasteiger partial charge >= 0.3 is 0 Å². The molecule has 5 heteroatoms. The summed E-state index contributed by atoms with van der Waals surface area (Å²) in [6.07, 6.45) is 3.52. The molecular weight excluding hydrogens is 348 g/mol. The second kappa shape index (κ2) is 8.14. The van der Waals surface area contributed by atoms with Crippen molar-refractivity contribution in [1.29, 1.82) is 0 Å². The van der Waals surface area contributed by atoms with Crippen molar-refractivity contribution in [2.75, 3.05) is 0 Å². The largest absolute Gasteiger partial charge is 0.271 e. The molecule has 4 rings (SSSR count). The quantitative estimate of drug-likeness (QED) is 0.423. The minimum atomic E-state index is -0.256. The van der Waals surface area contributed by atoms with Crippen LogP contribution in [0.15, 0.2) is 102 Å². The van der Waals surface area contributed by atoms with E-state index in [0.29, 0.717) is 5.56 Å². The van der Waals surface area contributed by atoms with Gasteiger partial charge in [-0.05, 0) is 24.3 Å². The molecular formula is C23H18N4O. The molecule has 1 N–H and O–H groups in total. The number of para-hydroxylation sites is 1. The summed E-state index contributed by atoms with van der Waals surface area (Å²) < 4.78 is 1.81. The highest BCUT2D eigenvalue weighted by atomic mass is 16.2. The lowest BCUT2D eigenvalue weighted by Gasteiger charge is -2.00. The predicted octanol–water partition coefficient (Wildman–Crippen LogP) is 4.30. The van der Waals surface area contributed by atoms with Crippen molar-refractivity contribution in [2.24, 2.45) is 5.10 Å². The van der Waals surface area contributed by atoms with E-state index in [1.165, 1.54) is 0 Å². The number of hydrazone groups is 1. The lowest BCUT2D eigenvalue weighted by Crippen LogP contribution is -2.17. The van der Waals surface area contributed by atoms with E-state index in [1.54, 1.807) is 18.3 Å². The Labute approximate surface area is 163 Å². The van der Waals surface area contributed by atoms with E-state index >= 15 is 0 Å². The van der Waals surface area contributed by atoms with Gasteiger partial charge < -0.3 is 0 Å². The Morgan fingerprint density at radius 1 is 0.857 bits per heavy atom. The Morgan fingerprint density at radius 3 is 2.14 bits per heavy atom. The molecule has 0 unspecified atom stereocenters. The zero-order valence-corrected chi connectivity index (χ0v) is 15.1. The predicted molar refractivity (Wildman–Crippen MR) is 111 cm³/mol. The van der Waals surface area contributed by atoms with Crippen molar-refractivity contribution in [1.82, 2.24) is 15.2 Å². The minimum Gasteiger partial charge on any atom is -0.267 e. The molecule has 0 aliphatic heterocycles. The van der Waals surface area contributed by atoms with Crippen LogP contribution in [-0.2, 0) is 0 Å². The number of carbonyl (C=O) groups is 1. The van der Waals surface area contributed by atoms with Gasteiger partial charge in [0.2, 0.25) is 0 Å². The maximum absolute atomic E-state index is 12.2. The average molecular weight is 366 g/mol.